The standard InChI is InChI=1S/C13H24N4O/c1-4-5-11(6-7-18)9-15-12-10(2)8-16-13(14-3)17-12/h8,11,18H,4-7,9H2,1-3H3,(H2,14,15,16,17). The number of nitrogens with zero attached hydrogens (tertiary/aromatic N) is 2. The van der Waals surface area contributed by atoms with E-state index in [-0.39, 0.29) is 6.61 Å². The number of aliphatic hydroxyl groups is 1. The summed E-state index contributed by atoms with van der Waals surface area (Å²) in [5, 5.41) is 15.3. The van der Waals surface area contributed by atoms with E-state index in [2.05, 4.69) is 27.5 Å². The zero-order valence-electron chi connectivity index (χ0n) is 11.5. The number of hydrogen-bond donors (Lipinski definition) is 3. The minimum absolute atomic E-state index is 0.247. The molecule has 0 saturated heterocycles. The highest BCUT2D eigenvalue weighted by atomic mass is 16.3. The smallest absolute Gasteiger partial charge is 0.224 e. The third-order valence-corrected chi connectivity index (χ3v) is 2.99. The van der Waals surface area contributed by atoms with Crippen LogP contribution in [0.5, 0.6) is 0 Å². The van der Waals surface area contributed by atoms with Gasteiger partial charge >= 0.3 is 0 Å². The normalized spacial score (nSPS) is 12.2. The minimum Gasteiger partial charge on any atom is -0.396 e. The molecule has 0 fully saturated rings. The fourth-order valence-electron chi connectivity index (χ4n) is 1.92. The number of aromatic nitrogens is 2. The second-order valence-corrected chi connectivity index (χ2v) is 4.52. The first-order valence-corrected chi connectivity index (χ1v) is 6.57. The fourth-order valence-corrected chi connectivity index (χ4v) is 1.92. The number of aryl methyl sites for hydroxylation is 1. The molecule has 1 aromatic rings. The molecule has 5 nitrogen and oxygen atoms in total. The average Bonchev–Trinajstić information content (AvgIpc) is 2.38. The van der Waals surface area contributed by atoms with Crippen molar-refractivity contribution in [1.82, 2.24) is 9.97 Å². The first-order chi connectivity index (χ1) is 8.71. The van der Waals surface area contributed by atoms with Crippen LogP contribution in [0.4, 0.5) is 11.8 Å². The van der Waals surface area contributed by atoms with Gasteiger partial charge in [0.15, 0.2) is 0 Å². The first-order valence-electron chi connectivity index (χ1n) is 6.57. The highest BCUT2D eigenvalue weighted by Crippen LogP contribution is 2.16. The van der Waals surface area contributed by atoms with E-state index in [1.807, 2.05) is 13.1 Å². The number of aliphatic hydroxyl groups excluding tert-OH is 1. The number of rotatable bonds is 8. The maximum Gasteiger partial charge on any atom is 0.224 e. The number of hydrogen-bond acceptors (Lipinski definition) is 5. The summed E-state index contributed by atoms with van der Waals surface area (Å²) in [6.07, 6.45) is 4.90. The van der Waals surface area contributed by atoms with Crippen LogP contribution in [0.3, 0.4) is 0 Å². The van der Waals surface area contributed by atoms with Crippen LogP contribution in [0.15, 0.2) is 6.20 Å². The highest BCUT2D eigenvalue weighted by Gasteiger charge is 2.09. The maximum absolute atomic E-state index is 9.03. The molecular formula is C13H24N4O. The Labute approximate surface area is 109 Å². The SMILES string of the molecule is CCCC(CCO)CNc1nc(NC)ncc1C. The van der Waals surface area contributed by atoms with Gasteiger partial charge in [0, 0.05) is 32.0 Å². The van der Waals surface area contributed by atoms with Gasteiger partial charge in [-0.1, -0.05) is 13.3 Å². The van der Waals surface area contributed by atoms with Crippen molar-refractivity contribution in [2.45, 2.75) is 33.1 Å². The van der Waals surface area contributed by atoms with E-state index in [1.165, 1.54) is 0 Å². The summed E-state index contributed by atoms with van der Waals surface area (Å²) in [4.78, 5) is 8.54. The largest absolute Gasteiger partial charge is 0.396 e. The van der Waals surface area contributed by atoms with Crippen molar-refractivity contribution in [1.29, 1.82) is 0 Å². The molecule has 1 rings (SSSR count). The fraction of sp³-hybridized carbons (Fsp3) is 0.692. The van der Waals surface area contributed by atoms with E-state index < -0.39 is 0 Å². The van der Waals surface area contributed by atoms with Crippen LogP contribution in [-0.4, -0.2) is 35.3 Å². The predicted molar refractivity (Wildman–Crippen MR) is 74.9 cm³/mol. The molecule has 0 aromatic carbocycles. The lowest BCUT2D eigenvalue weighted by Gasteiger charge is -2.17. The van der Waals surface area contributed by atoms with Gasteiger partial charge in [0.05, 0.1) is 0 Å². The Morgan fingerprint density at radius 2 is 2.17 bits per heavy atom. The topological polar surface area (TPSA) is 70.1 Å². The summed E-state index contributed by atoms with van der Waals surface area (Å²) in [7, 11) is 1.81. The van der Waals surface area contributed by atoms with Crippen LogP contribution in [-0.2, 0) is 0 Å². The number of nitrogens with one attached hydrogen (secondary N) is 2. The third-order valence-electron chi connectivity index (χ3n) is 2.99. The molecule has 0 aliphatic carbocycles. The monoisotopic (exact) mass is 252 g/mol. The van der Waals surface area contributed by atoms with E-state index in [1.54, 1.807) is 7.05 Å². The second kappa shape index (κ2) is 7.87. The summed E-state index contributed by atoms with van der Waals surface area (Å²) >= 11 is 0. The Kier molecular flexibility index (Phi) is 6.43. The van der Waals surface area contributed by atoms with Crippen LogP contribution in [0.25, 0.3) is 0 Å². The summed E-state index contributed by atoms with van der Waals surface area (Å²) in [6.45, 7) is 5.24. The van der Waals surface area contributed by atoms with E-state index in [0.717, 1.165) is 37.2 Å². The average molecular weight is 252 g/mol. The molecule has 102 valence electrons. The molecule has 5 heteroatoms. The van der Waals surface area contributed by atoms with Crippen LogP contribution < -0.4 is 10.6 Å². The zero-order chi connectivity index (χ0) is 13.4. The molecule has 0 bridgehead atoms. The summed E-state index contributed by atoms with van der Waals surface area (Å²) in [6, 6.07) is 0. The Morgan fingerprint density at radius 1 is 1.39 bits per heavy atom. The second-order valence-electron chi connectivity index (χ2n) is 4.52. The van der Waals surface area contributed by atoms with Gasteiger partial charge in [0.25, 0.3) is 0 Å². The van der Waals surface area contributed by atoms with Gasteiger partial charge in [-0.15, -0.1) is 0 Å². The molecule has 1 atom stereocenters. The van der Waals surface area contributed by atoms with Crippen molar-refractivity contribution in [3.8, 4) is 0 Å². The van der Waals surface area contributed by atoms with Crippen LogP contribution >= 0.6 is 0 Å². The molecular weight excluding hydrogens is 228 g/mol. The molecule has 1 heterocycles. The Hall–Kier alpha value is -1.36. The van der Waals surface area contributed by atoms with Crippen molar-refractivity contribution in [2.24, 2.45) is 5.92 Å². The van der Waals surface area contributed by atoms with Crippen molar-refractivity contribution in [3.63, 3.8) is 0 Å². The predicted octanol–water partition coefficient (Wildman–Crippen LogP) is 2.04. The molecule has 18 heavy (non-hydrogen) atoms. The van der Waals surface area contributed by atoms with E-state index in [0.29, 0.717) is 11.9 Å². The Balaban J connectivity index is 2.60. The van der Waals surface area contributed by atoms with Crippen molar-refractivity contribution in [2.75, 3.05) is 30.8 Å². The lowest BCUT2D eigenvalue weighted by atomic mass is 10.0. The van der Waals surface area contributed by atoms with Gasteiger partial charge in [0.2, 0.25) is 5.95 Å². The van der Waals surface area contributed by atoms with Gasteiger partial charge in [-0.2, -0.15) is 4.98 Å². The lowest BCUT2D eigenvalue weighted by molar-refractivity contribution is 0.255. The summed E-state index contributed by atoms with van der Waals surface area (Å²) in [5.74, 6) is 1.98. The summed E-state index contributed by atoms with van der Waals surface area (Å²) in [5.41, 5.74) is 1.04. The molecule has 3 N–H and O–H groups in total. The number of anilines is 2. The van der Waals surface area contributed by atoms with E-state index >= 15 is 0 Å². The lowest BCUT2D eigenvalue weighted by Crippen LogP contribution is -2.17. The first kappa shape index (κ1) is 14.7. The quantitative estimate of drug-likeness (QED) is 0.660. The molecule has 0 aliphatic rings. The van der Waals surface area contributed by atoms with E-state index in [9.17, 15) is 0 Å². The van der Waals surface area contributed by atoms with E-state index in [4.69, 9.17) is 5.11 Å². The molecule has 0 radical (unpaired) electrons. The maximum atomic E-state index is 9.03. The van der Waals surface area contributed by atoms with Gasteiger partial charge in [-0.05, 0) is 25.7 Å². The molecule has 0 amide bonds. The van der Waals surface area contributed by atoms with Crippen LogP contribution in [0.1, 0.15) is 31.7 Å². The van der Waals surface area contributed by atoms with Gasteiger partial charge in [-0.25, -0.2) is 4.98 Å². The molecule has 0 aliphatic heterocycles. The Bertz CT molecular complexity index is 351. The minimum atomic E-state index is 0.247. The van der Waals surface area contributed by atoms with Crippen LogP contribution in [0, 0.1) is 12.8 Å². The van der Waals surface area contributed by atoms with Gasteiger partial charge in [0.1, 0.15) is 5.82 Å². The van der Waals surface area contributed by atoms with Crippen molar-refractivity contribution < 1.29 is 5.11 Å². The molecule has 0 spiro atoms. The van der Waals surface area contributed by atoms with Crippen molar-refractivity contribution in [3.05, 3.63) is 11.8 Å². The third kappa shape index (κ3) is 4.49. The highest BCUT2D eigenvalue weighted by molar-refractivity contribution is 5.46. The zero-order valence-corrected chi connectivity index (χ0v) is 11.5. The van der Waals surface area contributed by atoms with Gasteiger partial charge in [-0.3, -0.25) is 0 Å². The molecule has 0 saturated carbocycles. The van der Waals surface area contributed by atoms with Crippen LogP contribution in [0.2, 0.25) is 0 Å². The van der Waals surface area contributed by atoms with Gasteiger partial charge < -0.3 is 15.7 Å². The summed E-state index contributed by atoms with van der Waals surface area (Å²) < 4.78 is 0. The Morgan fingerprint density at radius 3 is 2.78 bits per heavy atom. The van der Waals surface area contributed by atoms with Crippen molar-refractivity contribution >= 4 is 11.8 Å². The molecule has 1 unspecified atom stereocenters. The molecule has 1 aromatic heterocycles.